The van der Waals surface area contributed by atoms with Crippen LogP contribution in [-0.2, 0) is 10.0 Å². The average molecular weight is 380 g/mol. The Labute approximate surface area is 147 Å². The van der Waals surface area contributed by atoms with Crippen LogP contribution in [0.2, 0.25) is 0 Å². The molecule has 0 bridgehead atoms. The van der Waals surface area contributed by atoms with Crippen LogP contribution in [0.4, 0.5) is 14.5 Å². The van der Waals surface area contributed by atoms with Crippen molar-refractivity contribution >= 4 is 32.6 Å². The number of carbonyl (C=O) groups excluding carboxylic acids is 1. The third-order valence-corrected chi connectivity index (χ3v) is 5.09. The molecule has 1 heterocycles. The third kappa shape index (κ3) is 3.57. The van der Waals surface area contributed by atoms with Crippen LogP contribution in [0.5, 0.6) is 0 Å². The van der Waals surface area contributed by atoms with Gasteiger partial charge >= 0.3 is 0 Å². The Morgan fingerprint density at radius 1 is 1.23 bits per heavy atom. The fourth-order valence-electron chi connectivity index (χ4n) is 2.47. The molecule has 0 spiro atoms. The van der Waals surface area contributed by atoms with Gasteiger partial charge in [0.2, 0.25) is 10.0 Å². The number of carbonyl (C=O) groups is 1. The van der Waals surface area contributed by atoms with Crippen LogP contribution in [-0.4, -0.2) is 24.9 Å². The van der Waals surface area contributed by atoms with Gasteiger partial charge in [0, 0.05) is 11.6 Å². The van der Waals surface area contributed by atoms with Crippen LogP contribution < -0.4 is 4.72 Å². The van der Waals surface area contributed by atoms with E-state index in [4.69, 9.17) is 4.42 Å². The van der Waals surface area contributed by atoms with E-state index >= 15 is 0 Å². The molecule has 0 atom stereocenters. The number of rotatable bonds is 6. The van der Waals surface area contributed by atoms with Gasteiger partial charge in [-0.2, -0.15) is 0 Å². The lowest BCUT2D eigenvalue weighted by atomic mass is 10.0. The number of oxazole rings is 1. The quantitative estimate of drug-likeness (QED) is 0.661. The molecule has 0 amide bonds. The van der Waals surface area contributed by atoms with Crippen molar-refractivity contribution in [3.8, 4) is 0 Å². The Bertz CT molecular complexity index is 1090. The van der Waals surface area contributed by atoms with Crippen molar-refractivity contribution in [2.75, 3.05) is 10.5 Å². The van der Waals surface area contributed by atoms with Crippen LogP contribution in [0, 0.1) is 11.6 Å². The molecule has 0 aliphatic rings. The smallest absolute Gasteiger partial charge is 0.232 e. The summed E-state index contributed by atoms with van der Waals surface area (Å²) in [6.45, 7) is 1.64. The number of nitrogens with zero attached hydrogens (tertiary/aromatic N) is 1. The lowest BCUT2D eigenvalue weighted by molar-refractivity contribution is 0.103. The maximum atomic E-state index is 14.7. The van der Waals surface area contributed by atoms with E-state index in [9.17, 15) is 22.0 Å². The molecule has 0 aliphatic heterocycles. The average Bonchev–Trinajstić information content (AvgIpc) is 3.04. The molecule has 0 saturated carbocycles. The molecular weight excluding hydrogens is 366 g/mol. The van der Waals surface area contributed by atoms with Crippen molar-refractivity contribution in [2.45, 2.75) is 13.3 Å². The first-order valence-electron chi connectivity index (χ1n) is 7.68. The van der Waals surface area contributed by atoms with E-state index in [-0.39, 0.29) is 11.3 Å². The summed E-state index contributed by atoms with van der Waals surface area (Å²) in [5.41, 5.74) is -0.296. The predicted molar refractivity (Wildman–Crippen MR) is 91.5 cm³/mol. The highest BCUT2D eigenvalue weighted by molar-refractivity contribution is 7.92. The van der Waals surface area contributed by atoms with Crippen LogP contribution in [0.1, 0.15) is 29.3 Å². The number of hydrogen-bond donors (Lipinski definition) is 1. The highest BCUT2D eigenvalue weighted by Crippen LogP contribution is 2.25. The molecule has 26 heavy (non-hydrogen) atoms. The molecule has 1 N–H and O–H groups in total. The number of hydrogen-bond acceptors (Lipinski definition) is 5. The van der Waals surface area contributed by atoms with Gasteiger partial charge in [0.05, 0.1) is 17.0 Å². The van der Waals surface area contributed by atoms with E-state index in [0.29, 0.717) is 23.6 Å². The zero-order chi connectivity index (χ0) is 18.9. The number of anilines is 1. The Morgan fingerprint density at radius 3 is 2.73 bits per heavy atom. The Kier molecular flexibility index (Phi) is 4.73. The van der Waals surface area contributed by atoms with Gasteiger partial charge in [0.15, 0.2) is 23.6 Å². The summed E-state index contributed by atoms with van der Waals surface area (Å²) in [7, 11) is -3.84. The molecule has 0 unspecified atom stereocenters. The second kappa shape index (κ2) is 6.83. The Morgan fingerprint density at radius 2 is 2.00 bits per heavy atom. The summed E-state index contributed by atoms with van der Waals surface area (Å²) in [6.07, 6.45) is 1.50. The summed E-state index contributed by atoms with van der Waals surface area (Å²) in [4.78, 5) is 16.5. The summed E-state index contributed by atoms with van der Waals surface area (Å²) >= 11 is 0. The number of aromatic nitrogens is 1. The van der Waals surface area contributed by atoms with Crippen LogP contribution >= 0.6 is 0 Å². The maximum Gasteiger partial charge on any atom is 0.232 e. The molecule has 1 aromatic heterocycles. The topological polar surface area (TPSA) is 89.3 Å². The lowest BCUT2D eigenvalue weighted by Crippen LogP contribution is -2.18. The summed E-state index contributed by atoms with van der Waals surface area (Å²) < 4.78 is 59.2. The van der Waals surface area contributed by atoms with E-state index in [1.54, 1.807) is 6.92 Å². The van der Waals surface area contributed by atoms with Gasteiger partial charge in [-0.15, -0.1) is 0 Å². The third-order valence-electron chi connectivity index (χ3n) is 3.61. The molecule has 0 radical (unpaired) electrons. The number of fused-ring (bicyclic) bond motifs is 1. The van der Waals surface area contributed by atoms with Crippen molar-refractivity contribution in [1.29, 1.82) is 0 Å². The molecule has 0 fully saturated rings. The van der Waals surface area contributed by atoms with Gasteiger partial charge in [-0.3, -0.25) is 9.52 Å². The SMILES string of the molecule is CCCS(=O)(=O)Nc1cc(F)cc(C(=O)c2ccc3ocnc3c2)c1F. The number of ketones is 1. The van der Waals surface area contributed by atoms with Gasteiger partial charge < -0.3 is 4.42 Å². The summed E-state index contributed by atoms with van der Waals surface area (Å²) in [6, 6.07) is 5.67. The second-order valence-electron chi connectivity index (χ2n) is 5.60. The minimum absolute atomic E-state index is 0.0678. The first-order chi connectivity index (χ1) is 12.3. The number of benzene rings is 2. The minimum Gasteiger partial charge on any atom is -0.443 e. The van der Waals surface area contributed by atoms with Gasteiger partial charge in [0.25, 0.3) is 0 Å². The van der Waals surface area contributed by atoms with E-state index in [2.05, 4.69) is 4.98 Å². The zero-order valence-corrected chi connectivity index (χ0v) is 14.4. The highest BCUT2D eigenvalue weighted by Gasteiger charge is 2.22. The van der Waals surface area contributed by atoms with E-state index < -0.39 is 38.7 Å². The van der Waals surface area contributed by atoms with E-state index in [1.165, 1.54) is 24.6 Å². The first-order valence-corrected chi connectivity index (χ1v) is 9.33. The number of sulfonamides is 1. The molecule has 9 heteroatoms. The van der Waals surface area contributed by atoms with Crippen molar-refractivity contribution < 1.29 is 26.4 Å². The molecule has 0 aliphatic carbocycles. The van der Waals surface area contributed by atoms with Crippen LogP contribution in [0.3, 0.4) is 0 Å². The molecule has 3 aromatic rings. The highest BCUT2D eigenvalue weighted by atomic mass is 32.2. The second-order valence-corrected chi connectivity index (χ2v) is 7.44. The van der Waals surface area contributed by atoms with Gasteiger partial charge in [-0.05, 0) is 30.7 Å². The van der Waals surface area contributed by atoms with Gasteiger partial charge in [0.1, 0.15) is 11.3 Å². The molecular formula is C17H14F2N2O4S. The minimum atomic E-state index is -3.84. The maximum absolute atomic E-state index is 14.7. The summed E-state index contributed by atoms with van der Waals surface area (Å²) in [5, 5.41) is 0. The summed E-state index contributed by atoms with van der Waals surface area (Å²) in [5.74, 6) is -3.14. The standard InChI is InChI=1S/C17H14F2N2O4S/c1-2-5-26(23,24)21-14-8-11(18)7-12(16(14)19)17(22)10-3-4-15-13(6-10)20-9-25-15/h3-4,6-9,21H,2,5H2,1H3. The van der Waals surface area contributed by atoms with Crippen LogP contribution in [0.15, 0.2) is 41.1 Å². The lowest BCUT2D eigenvalue weighted by Gasteiger charge is -2.11. The molecule has 3 rings (SSSR count). The van der Waals surface area contributed by atoms with E-state index in [0.717, 1.165) is 6.07 Å². The van der Waals surface area contributed by atoms with Crippen molar-refractivity contribution in [3.63, 3.8) is 0 Å². The molecule has 6 nitrogen and oxygen atoms in total. The Hall–Kier alpha value is -2.81. The molecule has 0 saturated heterocycles. The Balaban J connectivity index is 2.02. The van der Waals surface area contributed by atoms with Crippen molar-refractivity contribution in [2.24, 2.45) is 0 Å². The zero-order valence-electron chi connectivity index (χ0n) is 13.6. The van der Waals surface area contributed by atoms with Gasteiger partial charge in [-0.1, -0.05) is 6.92 Å². The molecule has 136 valence electrons. The predicted octanol–water partition coefficient (Wildman–Crippen LogP) is 3.49. The fourth-order valence-corrected chi connectivity index (χ4v) is 3.59. The monoisotopic (exact) mass is 380 g/mol. The first kappa shape index (κ1) is 18.0. The van der Waals surface area contributed by atoms with Crippen molar-refractivity contribution in [1.82, 2.24) is 4.98 Å². The normalized spacial score (nSPS) is 11.7. The number of nitrogens with one attached hydrogen (secondary N) is 1. The van der Waals surface area contributed by atoms with Crippen LogP contribution in [0.25, 0.3) is 11.1 Å². The largest absolute Gasteiger partial charge is 0.443 e. The van der Waals surface area contributed by atoms with Gasteiger partial charge in [-0.25, -0.2) is 22.2 Å². The number of halogens is 2. The molecule has 2 aromatic carbocycles. The van der Waals surface area contributed by atoms with Crippen molar-refractivity contribution in [3.05, 3.63) is 59.5 Å². The van der Waals surface area contributed by atoms with E-state index in [1.807, 2.05) is 4.72 Å². The fraction of sp³-hybridized carbons (Fsp3) is 0.176.